The molecule has 274 valence electrons. The van der Waals surface area contributed by atoms with Crippen LogP contribution < -0.4 is 13.8 Å². The lowest BCUT2D eigenvalue weighted by atomic mass is 10.2. The van der Waals surface area contributed by atoms with Crippen molar-refractivity contribution in [3.63, 3.8) is 0 Å². The third-order valence-electron chi connectivity index (χ3n) is 8.80. The average Bonchev–Trinajstić information content (AvgIpc) is 3.43. The van der Waals surface area contributed by atoms with Crippen LogP contribution in [0, 0.1) is 6.92 Å². The molecule has 1 aliphatic rings. The fourth-order valence-electron chi connectivity index (χ4n) is 5.92. The first kappa shape index (κ1) is 37.3. The van der Waals surface area contributed by atoms with Crippen LogP contribution in [0.1, 0.15) is 21.6 Å². The summed E-state index contributed by atoms with van der Waals surface area (Å²) in [6.07, 6.45) is -2.97. The smallest absolute Gasteiger partial charge is 0.422 e. The summed E-state index contributed by atoms with van der Waals surface area (Å²) in [5, 5.41) is 1.23. The second kappa shape index (κ2) is 14.9. The topological polar surface area (TPSA) is 97.2 Å². The molecule has 0 radical (unpaired) electrons. The Morgan fingerprint density at radius 1 is 0.923 bits per heavy atom. The van der Waals surface area contributed by atoms with Crippen LogP contribution in [0.15, 0.2) is 83.9 Å². The van der Waals surface area contributed by atoms with E-state index in [1.807, 2.05) is 34.7 Å². The number of amides is 1. The molecule has 52 heavy (non-hydrogen) atoms. The Morgan fingerprint density at radius 2 is 1.62 bits per heavy atom. The SMILES string of the molecule is Cc1cc(Oc2ccc3cc(C(=O)N4CCN(Cc5ccc(OCC(F)(F)F)cc5)CC4)n(C)c3c2)ncc1N(C)S(=O)(=O)c1ccc(Cl)c(Cl)c1. The molecule has 16 heteroatoms. The predicted molar refractivity (Wildman–Crippen MR) is 193 cm³/mol. The number of anilines is 1. The highest BCUT2D eigenvalue weighted by atomic mass is 35.5. The highest BCUT2D eigenvalue weighted by Gasteiger charge is 2.29. The van der Waals surface area contributed by atoms with Crippen molar-refractivity contribution in [2.45, 2.75) is 24.5 Å². The van der Waals surface area contributed by atoms with Crippen LogP contribution in [0.25, 0.3) is 10.9 Å². The second-order valence-electron chi connectivity index (χ2n) is 12.4. The van der Waals surface area contributed by atoms with E-state index in [4.69, 9.17) is 32.7 Å². The lowest BCUT2D eigenvalue weighted by Crippen LogP contribution is -2.48. The van der Waals surface area contributed by atoms with Crippen LogP contribution >= 0.6 is 23.2 Å². The fourth-order valence-corrected chi connectivity index (χ4v) is 7.55. The first-order valence-electron chi connectivity index (χ1n) is 16.1. The maximum absolute atomic E-state index is 13.6. The van der Waals surface area contributed by atoms with Gasteiger partial charge in [-0.1, -0.05) is 35.3 Å². The van der Waals surface area contributed by atoms with E-state index in [1.54, 1.807) is 31.2 Å². The number of hydrogen-bond donors (Lipinski definition) is 0. The molecule has 0 atom stereocenters. The van der Waals surface area contributed by atoms with E-state index in [0.29, 0.717) is 55.4 Å². The minimum Gasteiger partial charge on any atom is -0.484 e. The molecule has 2 aromatic heterocycles. The minimum atomic E-state index is -4.39. The van der Waals surface area contributed by atoms with Crippen molar-refractivity contribution in [3.8, 4) is 17.4 Å². The summed E-state index contributed by atoms with van der Waals surface area (Å²) in [5.41, 5.74) is 3.21. The molecular weight excluding hydrogens is 742 g/mol. The molecule has 0 saturated carbocycles. The van der Waals surface area contributed by atoms with Gasteiger partial charge < -0.3 is 18.9 Å². The van der Waals surface area contributed by atoms with Gasteiger partial charge in [0.05, 0.1) is 32.3 Å². The predicted octanol–water partition coefficient (Wildman–Crippen LogP) is 7.71. The molecular formula is C36H34Cl2F3N5O5S. The zero-order valence-corrected chi connectivity index (χ0v) is 30.7. The molecule has 0 unspecified atom stereocenters. The third-order valence-corrected chi connectivity index (χ3v) is 11.3. The van der Waals surface area contributed by atoms with Crippen molar-refractivity contribution in [1.29, 1.82) is 0 Å². The van der Waals surface area contributed by atoms with E-state index in [2.05, 4.69) is 9.88 Å². The number of rotatable bonds is 10. The van der Waals surface area contributed by atoms with E-state index in [1.165, 1.54) is 43.6 Å². The van der Waals surface area contributed by atoms with Crippen LogP contribution in [-0.2, 0) is 23.6 Å². The van der Waals surface area contributed by atoms with E-state index >= 15 is 0 Å². The molecule has 6 rings (SSSR count). The number of hydrogen-bond acceptors (Lipinski definition) is 7. The normalized spacial score (nSPS) is 14.1. The number of benzene rings is 3. The number of aryl methyl sites for hydroxylation is 2. The number of sulfonamides is 1. The van der Waals surface area contributed by atoms with E-state index < -0.39 is 22.8 Å². The number of aromatic nitrogens is 2. The summed E-state index contributed by atoms with van der Waals surface area (Å²) < 4.78 is 77.6. The molecule has 1 fully saturated rings. The number of fused-ring (bicyclic) bond motifs is 1. The third kappa shape index (κ3) is 8.25. The number of alkyl halides is 3. The number of ether oxygens (including phenoxy) is 2. The Hall–Kier alpha value is -4.50. The first-order valence-corrected chi connectivity index (χ1v) is 18.3. The summed E-state index contributed by atoms with van der Waals surface area (Å²) in [7, 11) is -0.702. The Kier molecular flexibility index (Phi) is 10.6. The second-order valence-corrected chi connectivity index (χ2v) is 15.2. The van der Waals surface area contributed by atoms with Crippen LogP contribution in [-0.4, -0.2) is 79.7 Å². The van der Waals surface area contributed by atoms with Gasteiger partial charge in [-0.15, -0.1) is 0 Å². The first-order chi connectivity index (χ1) is 24.6. The van der Waals surface area contributed by atoms with Crippen molar-refractivity contribution >= 4 is 55.7 Å². The van der Waals surface area contributed by atoms with Crippen molar-refractivity contribution in [3.05, 3.63) is 106 Å². The molecule has 3 heterocycles. The molecule has 1 aliphatic heterocycles. The summed E-state index contributed by atoms with van der Waals surface area (Å²) in [6, 6.07) is 19.6. The fraction of sp³-hybridized carbons (Fsp3) is 0.278. The van der Waals surface area contributed by atoms with Gasteiger partial charge in [-0.25, -0.2) is 13.4 Å². The van der Waals surface area contributed by atoms with Gasteiger partial charge in [-0.3, -0.25) is 14.0 Å². The van der Waals surface area contributed by atoms with Crippen molar-refractivity contribution < 1.29 is 35.9 Å². The molecule has 1 saturated heterocycles. The Balaban J connectivity index is 1.08. The van der Waals surface area contributed by atoms with Gasteiger partial charge in [-0.05, 0) is 66.6 Å². The quantitative estimate of drug-likeness (QED) is 0.144. The highest BCUT2D eigenvalue weighted by Crippen LogP contribution is 2.32. The van der Waals surface area contributed by atoms with E-state index in [0.717, 1.165) is 20.8 Å². The van der Waals surface area contributed by atoms with Gasteiger partial charge in [0.2, 0.25) is 5.88 Å². The van der Waals surface area contributed by atoms with Crippen LogP contribution in [0.2, 0.25) is 10.0 Å². The zero-order valence-electron chi connectivity index (χ0n) is 28.3. The molecule has 3 aromatic carbocycles. The molecule has 0 bridgehead atoms. The summed E-state index contributed by atoms with van der Waals surface area (Å²) in [5.74, 6) is 0.805. The lowest BCUT2D eigenvalue weighted by molar-refractivity contribution is -0.153. The molecule has 5 aromatic rings. The molecule has 10 nitrogen and oxygen atoms in total. The maximum atomic E-state index is 13.6. The average molecular weight is 777 g/mol. The maximum Gasteiger partial charge on any atom is 0.422 e. The number of carbonyl (C=O) groups is 1. The standard InChI is InChI=1S/C36H34Cl2F3N5O5S/c1-23-16-34(42-20-33(23)44(3)52(48,49)28-10-11-29(37)30(38)19-28)51-27-9-6-25-17-32(43(2)31(25)18-27)35(47)46-14-12-45(13-15-46)21-24-4-7-26(8-5-24)50-22-36(39,40)41/h4-11,16-20H,12-15,21-22H2,1-3H3. The number of carbonyl (C=O) groups excluding carboxylic acids is 1. The summed E-state index contributed by atoms with van der Waals surface area (Å²) in [6.45, 7) is 3.34. The minimum absolute atomic E-state index is 0.0109. The Labute approximate surface area is 308 Å². The van der Waals surface area contributed by atoms with Gasteiger partial charge in [-0.2, -0.15) is 13.2 Å². The van der Waals surface area contributed by atoms with E-state index in [-0.39, 0.29) is 32.5 Å². The van der Waals surface area contributed by atoms with Crippen LogP contribution in [0.3, 0.4) is 0 Å². The summed E-state index contributed by atoms with van der Waals surface area (Å²) in [4.78, 5) is 22.0. The van der Waals surface area contributed by atoms with Gasteiger partial charge in [0, 0.05) is 64.3 Å². The number of piperazine rings is 1. The summed E-state index contributed by atoms with van der Waals surface area (Å²) >= 11 is 12.0. The van der Waals surface area contributed by atoms with E-state index in [9.17, 15) is 26.4 Å². The van der Waals surface area contributed by atoms with Crippen molar-refractivity contribution in [2.75, 3.05) is 44.1 Å². The monoisotopic (exact) mass is 775 g/mol. The Morgan fingerprint density at radius 3 is 2.27 bits per heavy atom. The highest BCUT2D eigenvalue weighted by molar-refractivity contribution is 7.92. The van der Waals surface area contributed by atoms with Crippen molar-refractivity contribution in [2.24, 2.45) is 7.05 Å². The molecule has 1 amide bonds. The zero-order chi connectivity index (χ0) is 37.4. The molecule has 0 spiro atoms. The van der Waals surface area contributed by atoms with Gasteiger partial charge >= 0.3 is 6.18 Å². The lowest BCUT2D eigenvalue weighted by Gasteiger charge is -2.34. The molecule has 0 aliphatic carbocycles. The Bertz CT molecular complexity index is 2220. The van der Waals surface area contributed by atoms with Gasteiger partial charge in [0.15, 0.2) is 6.61 Å². The number of halogens is 5. The number of nitrogens with zero attached hydrogens (tertiary/aromatic N) is 5. The molecule has 0 N–H and O–H groups in total. The largest absolute Gasteiger partial charge is 0.484 e. The van der Waals surface area contributed by atoms with Crippen LogP contribution in [0.4, 0.5) is 18.9 Å². The van der Waals surface area contributed by atoms with Gasteiger partial charge in [0.1, 0.15) is 17.2 Å². The van der Waals surface area contributed by atoms with Crippen molar-refractivity contribution in [1.82, 2.24) is 19.4 Å². The van der Waals surface area contributed by atoms with Gasteiger partial charge in [0.25, 0.3) is 15.9 Å². The van der Waals surface area contributed by atoms with Crippen LogP contribution in [0.5, 0.6) is 17.4 Å². The number of pyridine rings is 1.